The van der Waals surface area contributed by atoms with Crippen LogP contribution in [0.4, 0.5) is 0 Å². The van der Waals surface area contributed by atoms with E-state index >= 15 is 0 Å². The standard InChI is InChI=1S/C12H12O/c13-12-10-6-2-1-3-5-4(2)8(10)9(5)11(12)7(3)6/h2-11H,1H2. The Kier molecular flexibility index (Phi) is 0.498. The molecule has 0 amide bonds. The molecule has 1 nitrogen and oxygen atoms in total. The highest BCUT2D eigenvalue weighted by Crippen LogP contribution is 2.89. The first-order chi connectivity index (χ1) is 6.39. The molecular formula is C12H12O. The van der Waals surface area contributed by atoms with Crippen molar-refractivity contribution in [1.82, 2.24) is 0 Å². The van der Waals surface area contributed by atoms with Gasteiger partial charge in [0, 0.05) is 11.8 Å². The van der Waals surface area contributed by atoms with Crippen LogP contribution in [0.25, 0.3) is 0 Å². The largest absolute Gasteiger partial charge is 0.299 e. The van der Waals surface area contributed by atoms with Gasteiger partial charge in [-0.15, -0.1) is 0 Å². The summed E-state index contributed by atoms with van der Waals surface area (Å²) < 4.78 is 0. The van der Waals surface area contributed by atoms with Gasteiger partial charge < -0.3 is 0 Å². The molecule has 7 aliphatic carbocycles. The van der Waals surface area contributed by atoms with Crippen LogP contribution in [0.15, 0.2) is 0 Å². The van der Waals surface area contributed by atoms with Crippen molar-refractivity contribution >= 4 is 5.78 Å². The number of hydrogen-bond donors (Lipinski definition) is 0. The SMILES string of the molecule is O=C1C2C3C4CC5C3C1C1C5C4C21. The molecule has 0 radical (unpaired) electrons. The van der Waals surface area contributed by atoms with E-state index in [9.17, 15) is 4.79 Å². The van der Waals surface area contributed by atoms with Crippen LogP contribution in [-0.4, -0.2) is 5.78 Å². The Morgan fingerprint density at radius 1 is 0.769 bits per heavy atom. The fourth-order valence-electron chi connectivity index (χ4n) is 7.51. The van der Waals surface area contributed by atoms with Gasteiger partial charge in [0.1, 0.15) is 5.78 Å². The lowest BCUT2D eigenvalue weighted by atomic mass is 9.60. The first-order valence-corrected chi connectivity index (χ1v) is 5.93. The fraction of sp³-hybridized carbons (Fsp3) is 0.917. The minimum Gasteiger partial charge on any atom is -0.299 e. The average molecular weight is 172 g/mol. The molecule has 66 valence electrons. The summed E-state index contributed by atoms with van der Waals surface area (Å²) >= 11 is 0. The van der Waals surface area contributed by atoms with E-state index in [1.165, 1.54) is 6.42 Å². The molecule has 1 heteroatoms. The van der Waals surface area contributed by atoms with Gasteiger partial charge in [0.15, 0.2) is 0 Å². The highest BCUT2D eigenvalue weighted by Gasteiger charge is 2.89. The number of carbonyl (C=O) groups is 1. The second-order valence-corrected chi connectivity index (χ2v) is 6.48. The maximum atomic E-state index is 12.1. The van der Waals surface area contributed by atoms with E-state index in [0.29, 0.717) is 11.8 Å². The van der Waals surface area contributed by atoms with Crippen molar-refractivity contribution in [2.24, 2.45) is 59.2 Å². The quantitative estimate of drug-likeness (QED) is 0.536. The molecule has 7 saturated carbocycles. The number of hydrogen-bond acceptors (Lipinski definition) is 1. The van der Waals surface area contributed by atoms with Crippen LogP contribution in [0, 0.1) is 59.2 Å². The summed E-state index contributed by atoms with van der Waals surface area (Å²) in [5.41, 5.74) is 0. The Bertz CT molecular complexity index is 349. The molecule has 7 aliphatic rings. The second kappa shape index (κ2) is 1.17. The number of carbonyl (C=O) groups excluding carboxylic acids is 1. The molecular weight excluding hydrogens is 160 g/mol. The van der Waals surface area contributed by atoms with Crippen LogP contribution in [0.1, 0.15) is 6.42 Å². The minimum absolute atomic E-state index is 0.610. The van der Waals surface area contributed by atoms with E-state index in [1.807, 2.05) is 0 Å². The molecule has 4 bridgehead atoms. The average Bonchev–Trinajstić information content (AvgIpc) is 2.65. The molecule has 7 fully saturated rings. The van der Waals surface area contributed by atoms with E-state index in [-0.39, 0.29) is 0 Å². The van der Waals surface area contributed by atoms with Gasteiger partial charge in [-0.2, -0.15) is 0 Å². The third-order valence-electron chi connectivity index (χ3n) is 7.06. The normalized spacial score (nSPS) is 87.8. The van der Waals surface area contributed by atoms with Gasteiger partial charge in [0.2, 0.25) is 0 Å². The van der Waals surface area contributed by atoms with Crippen LogP contribution in [-0.2, 0) is 4.79 Å². The van der Waals surface area contributed by atoms with Crippen molar-refractivity contribution in [2.45, 2.75) is 6.42 Å². The summed E-state index contributed by atoms with van der Waals surface area (Å²) in [4.78, 5) is 12.1. The number of ketones is 1. The second-order valence-electron chi connectivity index (χ2n) is 6.48. The topological polar surface area (TPSA) is 17.1 Å². The molecule has 7 rings (SSSR count). The van der Waals surface area contributed by atoms with Gasteiger partial charge in [0.25, 0.3) is 0 Å². The highest BCUT2D eigenvalue weighted by molar-refractivity contribution is 5.92. The Morgan fingerprint density at radius 2 is 1.31 bits per heavy atom. The van der Waals surface area contributed by atoms with Crippen molar-refractivity contribution in [2.75, 3.05) is 0 Å². The maximum absolute atomic E-state index is 12.1. The molecule has 10 atom stereocenters. The van der Waals surface area contributed by atoms with E-state index in [4.69, 9.17) is 0 Å². The first-order valence-electron chi connectivity index (χ1n) is 5.93. The van der Waals surface area contributed by atoms with Crippen molar-refractivity contribution in [3.05, 3.63) is 0 Å². The van der Waals surface area contributed by atoms with Crippen molar-refractivity contribution < 1.29 is 4.79 Å². The fourth-order valence-corrected chi connectivity index (χ4v) is 7.51. The summed E-state index contributed by atoms with van der Waals surface area (Å²) in [6.07, 6.45) is 1.54. The predicted molar refractivity (Wildman–Crippen MR) is 44.5 cm³/mol. The molecule has 0 aliphatic heterocycles. The van der Waals surface area contributed by atoms with Gasteiger partial charge in [-0.05, 0) is 53.8 Å². The van der Waals surface area contributed by atoms with E-state index in [2.05, 4.69) is 0 Å². The third-order valence-corrected chi connectivity index (χ3v) is 7.06. The summed E-state index contributed by atoms with van der Waals surface area (Å²) in [6.45, 7) is 0. The third kappa shape index (κ3) is 0.269. The zero-order valence-electron chi connectivity index (χ0n) is 7.39. The first kappa shape index (κ1) is 5.53. The zero-order chi connectivity index (χ0) is 8.06. The van der Waals surface area contributed by atoms with Gasteiger partial charge in [-0.1, -0.05) is 0 Å². The van der Waals surface area contributed by atoms with Gasteiger partial charge in [-0.25, -0.2) is 0 Å². The molecule has 0 saturated heterocycles. The molecule has 13 heavy (non-hydrogen) atoms. The Balaban J connectivity index is 1.84. The molecule has 0 spiro atoms. The minimum atomic E-state index is 0.610. The predicted octanol–water partition coefficient (Wildman–Crippen LogP) is 1.19. The van der Waals surface area contributed by atoms with Crippen molar-refractivity contribution in [3.8, 4) is 0 Å². The lowest BCUT2D eigenvalue weighted by Crippen LogP contribution is -2.41. The van der Waals surface area contributed by atoms with Crippen LogP contribution >= 0.6 is 0 Å². The zero-order valence-corrected chi connectivity index (χ0v) is 7.39. The van der Waals surface area contributed by atoms with E-state index in [1.54, 1.807) is 0 Å². The lowest BCUT2D eigenvalue weighted by molar-refractivity contribution is -0.122. The molecule has 10 unspecified atom stereocenters. The number of Topliss-reactive ketones (excluding diaryl/α,β-unsaturated/α-hetero) is 1. The Morgan fingerprint density at radius 3 is 1.85 bits per heavy atom. The Labute approximate surface area is 76.9 Å². The molecule has 0 N–H and O–H groups in total. The number of rotatable bonds is 0. The monoisotopic (exact) mass is 172 g/mol. The van der Waals surface area contributed by atoms with Gasteiger partial charge >= 0.3 is 0 Å². The van der Waals surface area contributed by atoms with E-state index in [0.717, 1.165) is 53.1 Å². The van der Waals surface area contributed by atoms with Crippen LogP contribution < -0.4 is 0 Å². The van der Waals surface area contributed by atoms with Crippen molar-refractivity contribution in [1.29, 1.82) is 0 Å². The summed E-state index contributed by atoms with van der Waals surface area (Å²) in [5, 5.41) is 0. The maximum Gasteiger partial charge on any atom is 0.140 e. The molecule has 0 aromatic heterocycles. The molecule has 0 heterocycles. The summed E-state index contributed by atoms with van der Waals surface area (Å²) in [7, 11) is 0. The summed E-state index contributed by atoms with van der Waals surface area (Å²) in [5.74, 6) is 9.89. The van der Waals surface area contributed by atoms with Gasteiger partial charge in [0.05, 0.1) is 0 Å². The smallest absolute Gasteiger partial charge is 0.140 e. The van der Waals surface area contributed by atoms with Gasteiger partial charge in [-0.3, -0.25) is 4.79 Å². The highest BCUT2D eigenvalue weighted by atomic mass is 16.1. The van der Waals surface area contributed by atoms with Crippen LogP contribution in [0.3, 0.4) is 0 Å². The summed E-state index contributed by atoms with van der Waals surface area (Å²) in [6, 6.07) is 0. The molecule has 0 aromatic rings. The lowest BCUT2D eigenvalue weighted by Gasteiger charge is -2.44. The van der Waals surface area contributed by atoms with Crippen LogP contribution in [0.5, 0.6) is 0 Å². The van der Waals surface area contributed by atoms with Crippen LogP contribution in [0.2, 0.25) is 0 Å². The molecule has 0 aromatic carbocycles. The van der Waals surface area contributed by atoms with Crippen molar-refractivity contribution in [3.63, 3.8) is 0 Å². The van der Waals surface area contributed by atoms with E-state index < -0.39 is 0 Å². The Hall–Kier alpha value is -0.330.